The molecule has 2 aromatic rings. The van der Waals surface area contributed by atoms with Crippen LogP contribution in [0.1, 0.15) is 41.1 Å². The minimum atomic E-state index is -3.08. The summed E-state index contributed by atoms with van der Waals surface area (Å²) in [6.07, 6.45) is 2.53. The maximum Gasteiger partial charge on any atom is 0.256 e. The summed E-state index contributed by atoms with van der Waals surface area (Å²) in [6, 6.07) is 3.06. The van der Waals surface area contributed by atoms with Gasteiger partial charge in [-0.15, -0.1) is 0 Å². The van der Waals surface area contributed by atoms with Crippen molar-refractivity contribution in [1.82, 2.24) is 20.1 Å². The number of sulfone groups is 1. The van der Waals surface area contributed by atoms with E-state index in [1.165, 1.54) is 4.68 Å². The highest BCUT2D eigenvalue weighted by atomic mass is 35.5. The van der Waals surface area contributed by atoms with Crippen molar-refractivity contribution in [2.45, 2.75) is 32.4 Å². The standard InChI is InChI=1S/C16H18Cl2N4O3S/c1-2-12-14(16(23)20-8-13-11(17)4-3-6-19-13)15(18)22(21-12)10-5-7-26(24,25)9-10/h3-4,6,10H,2,5,7-9H2,1H3,(H,20,23). The molecule has 0 aromatic carbocycles. The fourth-order valence-electron chi connectivity index (χ4n) is 2.94. The van der Waals surface area contributed by atoms with E-state index >= 15 is 0 Å². The lowest BCUT2D eigenvalue weighted by Crippen LogP contribution is -2.24. The number of hydrogen-bond acceptors (Lipinski definition) is 5. The van der Waals surface area contributed by atoms with E-state index in [2.05, 4.69) is 15.4 Å². The van der Waals surface area contributed by atoms with Crippen LogP contribution in [0.25, 0.3) is 0 Å². The normalized spacial score (nSPS) is 18.8. The number of rotatable bonds is 5. The first-order valence-electron chi connectivity index (χ1n) is 8.17. The van der Waals surface area contributed by atoms with Gasteiger partial charge in [-0.2, -0.15) is 5.10 Å². The summed E-state index contributed by atoms with van der Waals surface area (Å²) in [4.78, 5) is 16.8. The summed E-state index contributed by atoms with van der Waals surface area (Å²) in [7, 11) is -3.08. The second kappa shape index (κ2) is 7.54. The smallest absolute Gasteiger partial charge is 0.256 e. The predicted molar refractivity (Wildman–Crippen MR) is 99.3 cm³/mol. The molecule has 0 spiro atoms. The van der Waals surface area contributed by atoms with Crippen molar-refractivity contribution in [3.8, 4) is 0 Å². The molecular formula is C16H18Cl2N4O3S. The Hall–Kier alpha value is -1.64. The van der Waals surface area contributed by atoms with Gasteiger partial charge in [0.15, 0.2) is 9.84 Å². The first-order chi connectivity index (χ1) is 12.3. The van der Waals surface area contributed by atoms with Crippen molar-refractivity contribution in [2.75, 3.05) is 11.5 Å². The lowest BCUT2D eigenvalue weighted by atomic mass is 10.2. The van der Waals surface area contributed by atoms with Crippen LogP contribution in [-0.2, 0) is 22.8 Å². The Kier molecular flexibility index (Phi) is 5.55. The minimum absolute atomic E-state index is 0.0117. The molecule has 1 aliphatic rings. The lowest BCUT2D eigenvalue weighted by molar-refractivity contribution is 0.0949. The molecule has 3 rings (SSSR count). The molecule has 3 heterocycles. The Balaban J connectivity index is 1.83. The Morgan fingerprint density at radius 2 is 2.15 bits per heavy atom. The van der Waals surface area contributed by atoms with Crippen LogP contribution in [-0.4, -0.2) is 40.6 Å². The van der Waals surface area contributed by atoms with Crippen LogP contribution in [0, 0.1) is 0 Å². The fourth-order valence-corrected chi connectivity index (χ4v) is 5.19. The molecule has 7 nitrogen and oxygen atoms in total. The molecule has 1 amide bonds. The Morgan fingerprint density at radius 3 is 2.77 bits per heavy atom. The number of pyridine rings is 1. The maximum absolute atomic E-state index is 12.6. The molecule has 0 radical (unpaired) electrons. The molecule has 0 saturated carbocycles. The maximum atomic E-state index is 12.6. The van der Waals surface area contributed by atoms with E-state index in [1.54, 1.807) is 18.3 Å². The van der Waals surface area contributed by atoms with Crippen molar-refractivity contribution in [3.63, 3.8) is 0 Å². The first-order valence-corrected chi connectivity index (χ1v) is 10.7. The number of carbonyl (C=O) groups is 1. The van der Waals surface area contributed by atoms with Crippen LogP contribution in [0.5, 0.6) is 0 Å². The third-order valence-corrected chi connectivity index (χ3v) is 6.75. The van der Waals surface area contributed by atoms with Gasteiger partial charge in [-0.25, -0.2) is 13.1 Å². The summed E-state index contributed by atoms with van der Waals surface area (Å²) < 4.78 is 24.9. The van der Waals surface area contributed by atoms with Crippen LogP contribution in [0.15, 0.2) is 18.3 Å². The summed E-state index contributed by atoms with van der Waals surface area (Å²) in [5.74, 6) is -0.294. The Morgan fingerprint density at radius 1 is 1.38 bits per heavy atom. The molecule has 2 aromatic heterocycles. The van der Waals surface area contributed by atoms with Crippen LogP contribution in [0.3, 0.4) is 0 Å². The number of amides is 1. The topological polar surface area (TPSA) is 94.0 Å². The van der Waals surface area contributed by atoms with Gasteiger partial charge in [-0.05, 0) is 25.0 Å². The second-order valence-electron chi connectivity index (χ2n) is 6.08. The number of carbonyl (C=O) groups excluding carboxylic acids is 1. The number of nitrogens with zero attached hydrogens (tertiary/aromatic N) is 3. The zero-order valence-electron chi connectivity index (χ0n) is 14.1. The molecule has 10 heteroatoms. The Labute approximate surface area is 161 Å². The predicted octanol–water partition coefficient (Wildman–Crippen LogP) is 2.44. The van der Waals surface area contributed by atoms with Crippen molar-refractivity contribution >= 4 is 38.9 Å². The highest BCUT2D eigenvalue weighted by molar-refractivity contribution is 7.91. The summed E-state index contributed by atoms with van der Waals surface area (Å²) in [5, 5.41) is 7.76. The molecule has 0 aliphatic carbocycles. The lowest BCUT2D eigenvalue weighted by Gasteiger charge is -2.10. The van der Waals surface area contributed by atoms with E-state index in [4.69, 9.17) is 23.2 Å². The zero-order chi connectivity index (χ0) is 18.9. The number of aryl methyl sites for hydroxylation is 1. The Bertz CT molecular complexity index is 943. The first kappa shape index (κ1) is 19.1. The van der Waals surface area contributed by atoms with Crippen LogP contribution < -0.4 is 5.32 Å². The van der Waals surface area contributed by atoms with Gasteiger partial charge in [0, 0.05) is 6.20 Å². The van der Waals surface area contributed by atoms with Crippen LogP contribution in [0.2, 0.25) is 10.2 Å². The second-order valence-corrected chi connectivity index (χ2v) is 9.08. The van der Waals surface area contributed by atoms with E-state index in [0.717, 1.165) is 0 Å². The molecule has 1 atom stereocenters. The third-order valence-electron chi connectivity index (χ3n) is 4.29. The minimum Gasteiger partial charge on any atom is -0.346 e. The van der Waals surface area contributed by atoms with Gasteiger partial charge in [-0.1, -0.05) is 30.1 Å². The highest BCUT2D eigenvalue weighted by Crippen LogP contribution is 2.30. The van der Waals surface area contributed by atoms with Gasteiger partial charge in [-0.3, -0.25) is 9.78 Å². The third kappa shape index (κ3) is 3.87. The van der Waals surface area contributed by atoms with Crippen molar-refractivity contribution < 1.29 is 13.2 Å². The average Bonchev–Trinajstić information content (AvgIpc) is 3.13. The monoisotopic (exact) mass is 416 g/mol. The molecule has 0 bridgehead atoms. The average molecular weight is 417 g/mol. The van der Waals surface area contributed by atoms with Crippen molar-refractivity contribution in [2.24, 2.45) is 0 Å². The van der Waals surface area contributed by atoms with E-state index < -0.39 is 9.84 Å². The summed E-state index contributed by atoms with van der Waals surface area (Å²) in [5.41, 5.74) is 1.35. The number of nitrogens with one attached hydrogen (secondary N) is 1. The molecule has 26 heavy (non-hydrogen) atoms. The number of halogens is 2. The fraction of sp³-hybridized carbons (Fsp3) is 0.438. The van der Waals surface area contributed by atoms with Gasteiger partial charge in [0.05, 0.1) is 46.1 Å². The molecule has 1 unspecified atom stereocenters. The van der Waals surface area contributed by atoms with E-state index in [0.29, 0.717) is 29.3 Å². The van der Waals surface area contributed by atoms with Gasteiger partial charge >= 0.3 is 0 Å². The summed E-state index contributed by atoms with van der Waals surface area (Å²) >= 11 is 12.4. The van der Waals surface area contributed by atoms with Crippen molar-refractivity contribution in [3.05, 3.63) is 45.5 Å². The van der Waals surface area contributed by atoms with E-state index in [1.807, 2.05) is 6.92 Å². The summed E-state index contributed by atoms with van der Waals surface area (Å²) in [6.45, 7) is 2.02. The van der Waals surface area contributed by atoms with Crippen LogP contribution in [0.4, 0.5) is 0 Å². The molecule has 1 N–H and O–H groups in total. The molecule has 140 valence electrons. The number of aromatic nitrogens is 3. The zero-order valence-corrected chi connectivity index (χ0v) is 16.4. The number of hydrogen-bond donors (Lipinski definition) is 1. The largest absolute Gasteiger partial charge is 0.346 e. The molecule has 1 fully saturated rings. The van der Waals surface area contributed by atoms with Gasteiger partial charge in [0.25, 0.3) is 5.91 Å². The highest BCUT2D eigenvalue weighted by Gasteiger charge is 2.33. The SMILES string of the molecule is CCc1nn(C2CCS(=O)(=O)C2)c(Cl)c1C(=O)NCc1ncccc1Cl. The molecular weight excluding hydrogens is 399 g/mol. The molecule has 1 saturated heterocycles. The van der Waals surface area contributed by atoms with Gasteiger partial charge in [0.1, 0.15) is 5.15 Å². The van der Waals surface area contributed by atoms with E-state index in [9.17, 15) is 13.2 Å². The quantitative estimate of drug-likeness (QED) is 0.807. The van der Waals surface area contributed by atoms with Gasteiger partial charge in [0.2, 0.25) is 0 Å². The van der Waals surface area contributed by atoms with Gasteiger partial charge < -0.3 is 5.32 Å². The van der Waals surface area contributed by atoms with E-state index in [-0.39, 0.29) is 40.7 Å². The molecule has 1 aliphatic heterocycles. The van der Waals surface area contributed by atoms with Crippen LogP contribution >= 0.6 is 23.2 Å². The van der Waals surface area contributed by atoms with Crippen molar-refractivity contribution in [1.29, 1.82) is 0 Å².